The van der Waals surface area contributed by atoms with Crippen LogP contribution in [0.15, 0.2) is 48.5 Å². The van der Waals surface area contributed by atoms with Gasteiger partial charge in [0.15, 0.2) is 23.9 Å². The molecule has 0 bridgehead atoms. The van der Waals surface area contributed by atoms with Gasteiger partial charge >= 0.3 is 0 Å². The maximum absolute atomic E-state index is 12.4. The number of amides is 1. The van der Waals surface area contributed by atoms with Crippen molar-refractivity contribution in [3.63, 3.8) is 0 Å². The second-order valence-corrected chi connectivity index (χ2v) is 6.88. The summed E-state index contributed by atoms with van der Waals surface area (Å²) in [6.07, 6.45) is 3.27. The third-order valence-corrected chi connectivity index (χ3v) is 3.98. The molecule has 2 rings (SSSR count). The van der Waals surface area contributed by atoms with Gasteiger partial charge in [0, 0.05) is 19.7 Å². The molecule has 0 aromatic heterocycles. The predicted molar refractivity (Wildman–Crippen MR) is 113 cm³/mol. The number of rotatable bonds is 9. The van der Waals surface area contributed by atoms with Crippen LogP contribution >= 0.6 is 0 Å². The Bertz CT molecular complexity index is 869. The van der Waals surface area contributed by atoms with Crippen molar-refractivity contribution in [2.24, 2.45) is 0 Å². The van der Waals surface area contributed by atoms with Crippen LogP contribution in [0, 0.1) is 0 Å². The summed E-state index contributed by atoms with van der Waals surface area (Å²) < 4.78 is 16.5. The highest BCUT2D eigenvalue weighted by molar-refractivity contribution is 6.06. The van der Waals surface area contributed by atoms with E-state index in [4.69, 9.17) is 14.2 Å². The highest BCUT2D eigenvalue weighted by Crippen LogP contribution is 2.29. The molecule has 0 heterocycles. The normalized spacial score (nSPS) is 10.8. The molecule has 2 aromatic carbocycles. The number of benzene rings is 2. The van der Waals surface area contributed by atoms with Crippen LogP contribution in [-0.2, 0) is 4.79 Å². The number of carbonyl (C=O) groups is 2. The van der Waals surface area contributed by atoms with Crippen molar-refractivity contribution >= 4 is 17.8 Å². The van der Waals surface area contributed by atoms with Gasteiger partial charge in [-0.05, 0) is 61.9 Å². The lowest BCUT2D eigenvalue weighted by atomic mass is 10.1. The molecule has 29 heavy (non-hydrogen) atoms. The molecule has 2 aromatic rings. The molecule has 154 valence electrons. The molecule has 0 atom stereocenters. The summed E-state index contributed by atoms with van der Waals surface area (Å²) in [5.74, 6) is 1.54. The van der Waals surface area contributed by atoms with E-state index in [0.717, 1.165) is 5.56 Å². The zero-order valence-electron chi connectivity index (χ0n) is 17.5. The van der Waals surface area contributed by atoms with E-state index < -0.39 is 0 Å². The van der Waals surface area contributed by atoms with Crippen molar-refractivity contribution in [2.45, 2.75) is 20.0 Å². The summed E-state index contributed by atoms with van der Waals surface area (Å²) in [7, 11) is 4.91. The Morgan fingerprint density at radius 3 is 2.31 bits per heavy atom. The molecule has 0 unspecified atom stereocenters. The number of ether oxygens (including phenoxy) is 3. The number of methoxy groups -OCH3 is 1. The van der Waals surface area contributed by atoms with Gasteiger partial charge in [0.05, 0.1) is 13.2 Å². The summed E-state index contributed by atoms with van der Waals surface area (Å²) in [5.41, 5.74) is 1.35. The Balaban J connectivity index is 2.02. The first-order valence-electron chi connectivity index (χ1n) is 9.30. The number of hydrogen-bond acceptors (Lipinski definition) is 5. The van der Waals surface area contributed by atoms with Crippen molar-refractivity contribution in [1.82, 2.24) is 4.90 Å². The van der Waals surface area contributed by atoms with E-state index in [9.17, 15) is 9.59 Å². The van der Waals surface area contributed by atoms with E-state index >= 15 is 0 Å². The third kappa shape index (κ3) is 6.68. The standard InChI is InChI=1S/C23H27NO5/c1-16(2)29-21-13-7-17(14-22(21)27-5)6-12-20(25)18-8-10-19(11-9-18)28-15-23(26)24(3)4/h6-14,16H,15H2,1-5H3/b12-6+. The van der Waals surface area contributed by atoms with Crippen LogP contribution in [-0.4, -0.2) is 50.5 Å². The molecule has 0 radical (unpaired) electrons. The topological polar surface area (TPSA) is 65.1 Å². The van der Waals surface area contributed by atoms with Gasteiger partial charge in [-0.25, -0.2) is 0 Å². The summed E-state index contributed by atoms with van der Waals surface area (Å²) in [6.45, 7) is 3.85. The Morgan fingerprint density at radius 2 is 1.72 bits per heavy atom. The number of hydrogen-bond donors (Lipinski definition) is 0. The van der Waals surface area contributed by atoms with E-state index in [1.165, 1.54) is 11.0 Å². The molecule has 0 N–H and O–H groups in total. The fourth-order valence-corrected chi connectivity index (χ4v) is 2.40. The molecule has 0 spiro atoms. The zero-order chi connectivity index (χ0) is 21.4. The SMILES string of the molecule is COc1cc(/C=C/C(=O)c2ccc(OCC(=O)N(C)C)cc2)ccc1OC(C)C. The molecule has 0 fully saturated rings. The molecule has 6 heteroatoms. The molecule has 0 aliphatic carbocycles. The minimum atomic E-state index is -0.137. The van der Waals surface area contributed by atoms with Crippen molar-refractivity contribution < 1.29 is 23.8 Å². The van der Waals surface area contributed by atoms with Crippen molar-refractivity contribution in [1.29, 1.82) is 0 Å². The van der Waals surface area contributed by atoms with Gasteiger partial charge < -0.3 is 19.1 Å². The van der Waals surface area contributed by atoms with Gasteiger partial charge in [0.1, 0.15) is 5.75 Å². The van der Waals surface area contributed by atoms with Crippen LogP contribution in [0.1, 0.15) is 29.8 Å². The Morgan fingerprint density at radius 1 is 1.03 bits per heavy atom. The molecular formula is C23H27NO5. The highest BCUT2D eigenvalue weighted by Gasteiger charge is 2.08. The van der Waals surface area contributed by atoms with Crippen molar-refractivity contribution in [3.05, 3.63) is 59.7 Å². The molecule has 0 aliphatic rings. The highest BCUT2D eigenvalue weighted by atomic mass is 16.5. The summed E-state index contributed by atoms with van der Waals surface area (Å²) in [4.78, 5) is 25.4. The quantitative estimate of drug-likeness (QED) is 0.475. The molecule has 0 aliphatic heterocycles. The lowest BCUT2D eigenvalue weighted by Gasteiger charge is -2.13. The number of nitrogens with zero attached hydrogens (tertiary/aromatic N) is 1. The average Bonchev–Trinajstić information content (AvgIpc) is 2.70. The van der Waals surface area contributed by atoms with Gasteiger partial charge in [-0.3, -0.25) is 9.59 Å². The molecule has 1 amide bonds. The van der Waals surface area contributed by atoms with E-state index in [2.05, 4.69) is 0 Å². The fraction of sp³-hybridized carbons (Fsp3) is 0.304. The molecule has 0 saturated heterocycles. The predicted octanol–water partition coefficient (Wildman–Crippen LogP) is 3.85. The van der Waals surface area contributed by atoms with Crippen LogP contribution < -0.4 is 14.2 Å². The lowest BCUT2D eigenvalue weighted by Crippen LogP contribution is -2.27. The first kappa shape index (κ1) is 22.0. The van der Waals surface area contributed by atoms with E-state index in [1.807, 2.05) is 32.0 Å². The molecular weight excluding hydrogens is 370 g/mol. The molecule has 0 saturated carbocycles. The van der Waals surface area contributed by atoms with Crippen LogP contribution in [0.4, 0.5) is 0 Å². The number of ketones is 1. The maximum atomic E-state index is 12.4. The first-order valence-corrected chi connectivity index (χ1v) is 9.30. The van der Waals surface area contributed by atoms with Gasteiger partial charge in [0.2, 0.25) is 0 Å². The first-order chi connectivity index (χ1) is 13.8. The Kier molecular flexibility index (Phi) is 7.83. The molecule has 6 nitrogen and oxygen atoms in total. The average molecular weight is 397 g/mol. The Labute approximate surface area is 171 Å². The van der Waals surface area contributed by atoms with E-state index in [1.54, 1.807) is 51.5 Å². The summed E-state index contributed by atoms with van der Waals surface area (Å²) in [6, 6.07) is 12.2. The van der Waals surface area contributed by atoms with Gasteiger partial charge in [-0.1, -0.05) is 12.1 Å². The second kappa shape index (κ2) is 10.3. The van der Waals surface area contributed by atoms with E-state index in [-0.39, 0.29) is 24.4 Å². The minimum Gasteiger partial charge on any atom is -0.493 e. The third-order valence-electron chi connectivity index (χ3n) is 3.98. The summed E-state index contributed by atoms with van der Waals surface area (Å²) in [5, 5.41) is 0. The van der Waals surface area contributed by atoms with Crippen LogP contribution in [0.3, 0.4) is 0 Å². The maximum Gasteiger partial charge on any atom is 0.259 e. The zero-order valence-corrected chi connectivity index (χ0v) is 17.5. The van der Waals surface area contributed by atoms with Crippen molar-refractivity contribution in [2.75, 3.05) is 27.8 Å². The number of carbonyl (C=O) groups excluding carboxylic acids is 2. The van der Waals surface area contributed by atoms with Gasteiger partial charge in [-0.15, -0.1) is 0 Å². The smallest absolute Gasteiger partial charge is 0.259 e. The number of likely N-dealkylation sites (N-methyl/N-ethyl adjacent to an activating group) is 1. The van der Waals surface area contributed by atoms with Gasteiger partial charge in [0.25, 0.3) is 5.91 Å². The van der Waals surface area contributed by atoms with Gasteiger partial charge in [-0.2, -0.15) is 0 Å². The van der Waals surface area contributed by atoms with Crippen molar-refractivity contribution in [3.8, 4) is 17.2 Å². The summed E-state index contributed by atoms with van der Waals surface area (Å²) >= 11 is 0. The second-order valence-electron chi connectivity index (χ2n) is 6.88. The van der Waals surface area contributed by atoms with Crippen LogP contribution in [0.2, 0.25) is 0 Å². The van der Waals surface area contributed by atoms with Crippen LogP contribution in [0.25, 0.3) is 6.08 Å². The minimum absolute atomic E-state index is 0.0415. The van der Waals surface area contributed by atoms with E-state index in [0.29, 0.717) is 22.8 Å². The lowest BCUT2D eigenvalue weighted by molar-refractivity contribution is -0.130. The van der Waals surface area contributed by atoms with Crippen LogP contribution in [0.5, 0.6) is 17.2 Å². The fourth-order valence-electron chi connectivity index (χ4n) is 2.40. The largest absolute Gasteiger partial charge is 0.493 e. The Hall–Kier alpha value is -3.28. The number of allylic oxidation sites excluding steroid dienone is 1. The monoisotopic (exact) mass is 397 g/mol.